The predicted molar refractivity (Wildman–Crippen MR) is 66.0 cm³/mol. The van der Waals surface area contributed by atoms with Gasteiger partial charge in [0, 0.05) is 5.92 Å². The Labute approximate surface area is 88.4 Å². The fraction of sp³-hybridized carbons (Fsp3) is 0.385. The van der Waals surface area contributed by atoms with Crippen molar-refractivity contribution in [1.29, 1.82) is 0 Å². The Kier molecular flexibility index (Phi) is 3.54. The van der Waals surface area contributed by atoms with Crippen LogP contribution in [0.15, 0.2) is 30.3 Å². The van der Waals surface area contributed by atoms with Gasteiger partial charge in [0.1, 0.15) is 8.07 Å². The highest BCUT2D eigenvalue weighted by Crippen LogP contribution is 2.13. The van der Waals surface area contributed by atoms with Gasteiger partial charge >= 0.3 is 0 Å². The van der Waals surface area contributed by atoms with Gasteiger partial charge in [0.2, 0.25) is 0 Å². The lowest BCUT2D eigenvalue weighted by Gasteiger charge is -2.07. The topological polar surface area (TPSA) is 0 Å². The van der Waals surface area contributed by atoms with Gasteiger partial charge in [-0.15, -0.1) is 11.5 Å². The first-order valence-corrected chi connectivity index (χ1v) is 8.57. The molecule has 1 rings (SSSR count). The summed E-state index contributed by atoms with van der Waals surface area (Å²) in [7, 11) is -1.21. The molecule has 0 aliphatic heterocycles. The van der Waals surface area contributed by atoms with Gasteiger partial charge in [-0.1, -0.05) is 50.0 Å². The molecule has 0 spiro atoms. The van der Waals surface area contributed by atoms with E-state index in [1.165, 1.54) is 5.56 Å². The molecule has 0 N–H and O–H groups in total. The van der Waals surface area contributed by atoms with E-state index >= 15 is 0 Å². The van der Waals surface area contributed by atoms with Crippen molar-refractivity contribution in [1.82, 2.24) is 0 Å². The van der Waals surface area contributed by atoms with E-state index in [-0.39, 0.29) is 0 Å². The van der Waals surface area contributed by atoms with Crippen molar-refractivity contribution in [3.05, 3.63) is 35.9 Å². The Bertz CT molecular complexity index is 335. The third kappa shape index (κ3) is 3.80. The van der Waals surface area contributed by atoms with Gasteiger partial charge in [-0.25, -0.2) is 0 Å². The Morgan fingerprint density at radius 2 is 1.64 bits per heavy atom. The molecular formula is C13H18Si. The van der Waals surface area contributed by atoms with Crippen LogP contribution in [0, 0.1) is 11.5 Å². The first-order valence-electron chi connectivity index (χ1n) is 5.07. The number of hydrogen-bond donors (Lipinski definition) is 0. The molecule has 74 valence electrons. The third-order valence-corrected chi connectivity index (χ3v) is 2.86. The molecule has 0 aromatic heterocycles. The summed E-state index contributed by atoms with van der Waals surface area (Å²) < 4.78 is 0. The van der Waals surface area contributed by atoms with Crippen LogP contribution >= 0.6 is 0 Å². The molecule has 1 aromatic carbocycles. The molecule has 0 unspecified atom stereocenters. The average Bonchev–Trinajstić information content (AvgIpc) is 2.14. The van der Waals surface area contributed by atoms with Crippen LogP contribution in [-0.2, 0) is 0 Å². The van der Waals surface area contributed by atoms with Gasteiger partial charge in [-0.3, -0.25) is 0 Å². The van der Waals surface area contributed by atoms with Crippen molar-refractivity contribution < 1.29 is 0 Å². The lowest BCUT2D eigenvalue weighted by Crippen LogP contribution is -2.16. The molecule has 0 radical (unpaired) electrons. The summed E-state index contributed by atoms with van der Waals surface area (Å²) in [6.07, 6.45) is 0. The average molecular weight is 202 g/mol. The molecule has 1 atom stereocenters. The lowest BCUT2D eigenvalue weighted by molar-refractivity contribution is 1.01. The second-order valence-corrected chi connectivity index (χ2v) is 9.40. The summed E-state index contributed by atoms with van der Waals surface area (Å²) in [5.41, 5.74) is 4.73. The van der Waals surface area contributed by atoms with Crippen molar-refractivity contribution in [2.24, 2.45) is 0 Å². The Morgan fingerprint density at radius 1 is 1.07 bits per heavy atom. The fourth-order valence-electron chi connectivity index (χ4n) is 1.15. The minimum Gasteiger partial charge on any atom is -0.131 e. The minimum atomic E-state index is -1.21. The summed E-state index contributed by atoms with van der Waals surface area (Å²) in [6, 6.07) is 10.5. The molecule has 0 fully saturated rings. The number of rotatable bonds is 1. The zero-order valence-corrected chi connectivity index (χ0v) is 10.5. The fourth-order valence-corrected chi connectivity index (χ4v) is 1.80. The normalized spacial score (nSPS) is 12.9. The lowest BCUT2D eigenvalue weighted by atomic mass is 10.0. The maximum Gasteiger partial charge on any atom is 0.129 e. The van der Waals surface area contributed by atoms with Gasteiger partial charge in [0.25, 0.3) is 0 Å². The second kappa shape index (κ2) is 4.48. The highest BCUT2D eigenvalue weighted by Gasteiger charge is 2.08. The summed E-state index contributed by atoms with van der Waals surface area (Å²) >= 11 is 0. The van der Waals surface area contributed by atoms with E-state index in [1.54, 1.807) is 0 Å². The van der Waals surface area contributed by atoms with Gasteiger partial charge in [-0.05, 0) is 12.5 Å². The van der Waals surface area contributed by atoms with E-state index < -0.39 is 8.07 Å². The molecule has 0 nitrogen and oxygen atoms in total. The van der Waals surface area contributed by atoms with E-state index in [1.807, 2.05) is 6.07 Å². The zero-order valence-electron chi connectivity index (χ0n) is 9.46. The van der Waals surface area contributed by atoms with Crippen LogP contribution in [0.25, 0.3) is 0 Å². The van der Waals surface area contributed by atoms with Gasteiger partial charge < -0.3 is 0 Å². The smallest absolute Gasteiger partial charge is 0.129 e. The molecule has 0 aliphatic carbocycles. The van der Waals surface area contributed by atoms with E-state index in [4.69, 9.17) is 0 Å². The van der Waals surface area contributed by atoms with E-state index in [2.05, 4.69) is 62.3 Å². The molecule has 0 aliphatic rings. The highest BCUT2D eigenvalue weighted by atomic mass is 28.3. The predicted octanol–water partition coefficient (Wildman–Crippen LogP) is 3.67. The summed E-state index contributed by atoms with van der Waals surface area (Å²) in [4.78, 5) is 0. The molecule has 0 saturated heterocycles. The van der Waals surface area contributed by atoms with Crippen LogP contribution in [-0.4, -0.2) is 8.07 Å². The Balaban J connectivity index is 2.76. The Morgan fingerprint density at radius 3 is 2.14 bits per heavy atom. The second-order valence-electron chi connectivity index (χ2n) is 4.65. The number of hydrogen-bond acceptors (Lipinski definition) is 0. The first-order chi connectivity index (χ1) is 6.49. The van der Waals surface area contributed by atoms with Gasteiger partial charge in [0.15, 0.2) is 0 Å². The van der Waals surface area contributed by atoms with Crippen molar-refractivity contribution >= 4 is 8.07 Å². The highest BCUT2D eigenvalue weighted by molar-refractivity contribution is 6.83. The van der Waals surface area contributed by atoms with Crippen molar-refractivity contribution in [3.8, 4) is 11.5 Å². The SMILES string of the molecule is C[C@@H](C#C[Si](C)(C)C)c1ccccc1. The molecule has 1 heteroatoms. The van der Waals surface area contributed by atoms with Crippen LogP contribution in [0.1, 0.15) is 18.4 Å². The summed E-state index contributed by atoms with van der Waals surface area (Å²) in [5.74, 6) is 3.71. The van der Waals surface area contributed by atoms with Gasteiger partial charge in [-0.2, -0.15) is 0 Å². The standard InChI is InChI=1S/C13H18Si/c1-12(10-11-14(2,3)4)13-8-6-5-7-9-13/h5-9,12H,1-4H3/t12-/m0/s1. The molecule has 0 saturated carbocycles. The quantitative estimate of drug-likeness (QED) is 0.481. The van der Waals surface area contributed by atoms with Crippen LogP contribution in [0.3, 0.4) is 0 Å². The minimum absolute atomic E-state index is 0.364. The molecule has 14 heavy (non-hydrogen) atoms. The van der Waals surface area contributed by atoms with E-state index in [0.717, 1.165) is 0 Å². The molecule has 1 aromatic rings. The maximum absolute atomic E-state index is 3.41. The Hall–Kier alpha value is -1.00. The van der Waals surface area contributed by atoms with E-state index in [0.29, 0.717) is 5.92 Å². The zero-order chi connectivity index (χ0) is 10.6. The molecule has 0 amide bonds. The molecule has 0 heterocycles. The first kappa shape index (κ1) is 11.1. The number of benzene rings is 1. The van der Waals surface area contributed by atoms with Crippen molar-refractivity contribution in [3.63, 3.8) is 0 Å². The largest absolute Gasteiger partial charge is 0.131 e. The van der Waals surface area contributed by atoms with Crippen molar-refractivity contribution in [2.45, 2.75) is 32.5 Å². The summed E-state index contributed by atoms with van der Waals surface area (Å²) in [6.45, 7) is 9.00. The monoisotopic (exact) mass is 202 g/mol. The van der Waals surface area contributed by atoms with Crippen LogP contribution in [0.2, 0.25) is 19.6 Å². The van der Waals surface area contributed by atoms with Crippen LogP contribution < -0.4 is 0 Å². The maximum atomic E-state index is 3.41. The molecule has 0 bridgehead atoms. The third-order valence-electron chi connectivity index (χ3n) is 1.96. The van der Waals surface area contributed by atoms with E-state index in [9.17, 15) is 0 Å². The van der Waals surface area contributed by atoms with Crippen molar-refractivity contribution in [2.75, 3.05) is 0 Å². The van der Waals surface area contributed by atoms with Crippen LogP contribution in [0.5, 0.6) is 0 Å². The van der Waals surface area contributed by atoms with Crippen LogP contribution in [0.4, 0.5) is 0 Å². The van der Waals surface area contributed by atoms with Gasteiger partial charge in [0.05, 0.1) is 0 Å². The summed E-state index contributed by atoms with van der Waals surface area (Å²) in [5, 5.41) is 0. The molecular weight excluding hydrogens is 184 g/mol.